The molecule has 0 saturated heterocycles. The number of benzene rings is 3. The van der Waals surface area contributed by atoms with Gasteiger partial charge in [-0.3, -0.25) is 4.90 Å². The van der Waals surface area contributed by atoms with Crippen molar-refractivity contribution >= 4 is 46.5 Å². The van der Waals surface area contributed by atoms with Gasteiger partial charge in [-0.25, -0.2) is 4.79 Å². The lowest BCUT2D eigenvalue weighted by atomic mass is 10.2. The fourth-order valence-corrected chi connectivity index (χ4v) is 4.21. The van der Waals surface area contributed by atoms with Gasteiger partial charge in [0.1, 0.15) is 0 Å². The Morgan fingerprint density at radius 1 is 0.929 bits per heavy atom. The van der Waals surface area contributed by atoms with Gasteiger partial charge < -0.3 is 5.32 Å². The first-order chi connectivity index (χ1) is 13.3. The van der Waals surface area contributed by atoms with Crippen LogP contribution >= 0.6 is 23.4 Å². The van der Waals surface area contributed by atoms with Gasteiger partial charge in [0, 0.05) is 15.5 Å². The summed E-state index contributed by atoms with van der Waals surface area (Å²) in [5.74, 6) is 0. The topological polar surface area (TPSA) is 32.3 Å². The molecule has 0 unspecified atom stereocenters. The van der Waals surface area contributed by atoms with Gasteiger partial charge in [0.05, 0.1) is 22.0 Å². The van der Waals surface area contributed by atoms with Crippen molar-refractivity contribution in [2.24, 2.45) is 0 Å². The largest absolute Gasteiger partial charge is 0.417 e. The molecule has 1 N–H and O–H groups in total. The number of carbonyl (C=O) groups excluding carboxylic acids is 1. The summed E-state index contributed by atoms with van der Waals surface area (Å²) >= 11 is 7.18. The van der Waals surface area contributed by atoms with Crippen molar-refractivity contribution in [2.75, 3.05) is 10.2 Å². The molecule has 0 radical (unpaired) electrons. The maximum Gasteiger partial charge on any atom is 0.417 e. The van der Waals surface area contributed by atoms with Crippen molar-refractivity contribution in [3.05, 3.63) is 77.3 Å². The highest BCUT2D eigenvalue weighted by atomic mass is 35.5. The second kappa shape index (κ2) is 7.07. The summed E-state index contributed by atoms with van der Waals surface area (Å²) in [6.07, 6.45) is -4.61. The summed E-state index contributed by atoms with van der Waals surface area (Å²) in [7, 11) is 0. The van der Waals surface area contributed by atoms with E-state index in [1.54, 1.807) is 24.3 Å². The first-order valence-electron chi connectivity index (χ1n) is 8.18. The Hall–Kier alpha value is -2.64. The lowest BCUT2D eigenvalue weighted by Gasteiger charge is -2.31. The zero-order valence-corrected chi connectivity index (χ0v) is 15.7. The monoisotopic (exact) mass is 420 g/mol. The first-order valence-corrected chi connectivity index (χ1v) is 9.38. The van der Waals surface area contributed by atoms with Crippen LogP contribution in [-0.2, 0) is 6.18 Å². The number of halogens is 4. The molecule has 0 fully saturated rings. The number of alkyl halides is 3. The van der Waals surface area contributed by atoms with E-state index in [0.717, 1.165) is 21.9 Å². The van der Waals surface area contributed by atoms with E-state index in [0.29, 0.717) is 11.4 Å². The van der Waals surface area contributed by atoms with Crippen LogP contribution in [0.15, 0.2) is 76.5 Å². The van der Waals surface area contributed by atoms with E-state index in [2.05, 4.69) is 5.32 Å². The number of urea groups is 1. The summed E-state index contributed by atoms with van der Waals surface area (Å²) in [6, 6.07) is 17.4. The van der Waals surface area contributed by atoms with Gasteiger partial charge >= 0.3 is 12.2 Å². The number of rotatable bonds is 1. The van der Waals surface area contributed by atoms with Crippen LogP contribution in [0.3, 0.4) is 0 Å². The Balaban J connectivity index is 1.72. The van der Waals surface area contributed by atoms with Crippen molar-refractivity contribution in [3.63, 3.8) is 0 Å². The van der Waals surface area contributed by atoms with E-state index in [1.807, 2.05) is 24.3 Å². The molecular weight excluding hydrogens is 409 g/mol. The van der Waals surface area contributed by atoms with Crippen LogP contribution < -0.4 is 10.2 Å². The van der Waals surface area contributed by atoms with Gasteiger partial charge in [0.2, 0.25) is 0 Å². The first kappa shape index (κ1) is 18.7. The molecule has 28 heavy (non-hydrogen) atoms. The van der Waals surface area contributed by atoms with E-state index >= 15 is 0 Å². The zero-order chi connectivity index (χ0) is 19.9. The third kappa shape index (κ3) is 3.43. The summed E-state index contributed by atoms with van der Waals surface area (Å²) in [6.45, 7) is 0. The van der Waals surface area contributed by atoms with E-state index in [1.165, 1.54) is 22.7 Å². The highest BCUT2D eigenvalue weighted by Gasteiger charge is 2.34. The molecule has 0 bridgehead atoms. The summed E-state index contributed by atoms with van der Waals surface area (Å²) < 4.78 is 39.3. The number of hydrogen-bond donors (Lipinski definition) is 1. The molecule has 1 heterocycles. The smallest absolute Gasteiger partial charge is 0.307 e. The minimum Gasteiger partial charge on any atom is -0.307 e. The molecule has 0 aromatic heterocycles. The maximum atomic E-state index is 13.1. The Kier molecular flexibility index (Phi) is 4.72. The standard InChI is InChI=1S/C20H12ClF3N2OS/c21-14-10-9-12(11-13(14)20(22,23)24)25-19(27)26-15-5-1-3-7-17(15)28-18-8-4-2-6-16(18)26/h1-11H,(H,25,27). The highest BCUT2D eigenvalue weighted by molar-refractivity contribution is 7.99. The second-order valence-corrected chi connectivity index (χ2v) is 7.49. The van der Waals surface area contributed by atoms with E-state index in [4.69, 9.17) is 11.6 Å². The van der Waals surface area contributed by atoms with Crippen molar-refractivity contribution in [2.45, 2.75) is 16.0 Å². The van der Waals surface area contributed by atoms with E-state index in [-0.39, 0.29) is 5.69 Å². The van der Waals surface area contributed by atoms with Crippen LogP contribution in [-0.4, -0.2) is 6.03 Å². The minimum atomic E-state index is -4.61. The van der Waals surface area contributed by atoms with Gasteiger partial charge in [0.25, 0.3) is 0 Å². The molecule has 8 heteroatoms. The van der Waals surface area contributed by atoms with Gasteiger partial charge in [-0.15, -0.1) is 0 Å². The summed E-state index contributed by atoms with van der Waals surface area (Å²) in [5.41, 5.74) is 0.333. The quantitative estimate of drug-likeness (QED) is 0.451. The SMILES string of the molecule is O=C(Nc1ccc(Cl)c(C(F)(F)F)c1)N1c2ccccc2Sc2ccccc21. The van der Waals surface area contributed by atoms with Crippen LogP contribution in [0.4, 0.5) is 35.0 Å². The van der Waals surface area contributed by atoms with Crippen LogP contribution in [0.2, 0.25) is 5.02 Å². The lowest BCUT2D eigenvalue weighted by molar-refractivity contribution is -0.137. The molecule has 142 valence electrons. The second-order valence-electron chi connectivity index (χ2n) is 6.00. The lowest BCUT2D eigenvalue weighted by Crippen LogP contribution is -2.32. The Labute approximate surface area is 168 Å². The number of amides is 2. The molecule has 0 aliphatic carbocycles. The maximum absolute atomic E-state index is 13.1. The third-order valence-electron chi connectivity index (χ3n) is 4.16. The highest BCUT2D eigenvalue weighted by Crippen LogP contribution is 2.48. The molecule has 4 rings (SSSR count). The number of nitrogens with one attached hydrogen (secondary N) is 1. The van der Waals surface area contributed by atoms with Gasteiger partial charge in [-0.1, -0.05) is 47.6 Å². The fraction of sp³-hybridized carbons (Fsp3) is 0.0500. The Morgan fingerprint density at radius 2 is 1.50 bits per heavy atom. The molecular formula is C20H12ClF3N2OS. The molecule has 1 aliphatic rings. The molecule has 3 aromatic carbocycles. The van der Waals surface area contributed by atoms with Crippen molar-refractivity contribution in [1.82, 2.24) is 0 Å². The molecule has 0 spiro atoms. The molecule has 0 atom stereocenters. The molecule has 0 saturated carbocycles. The van der Waals surface area contributed by atoms with Gasteiger partial charge in [-0.2, -0.15) is 13.2 Å². The summed E-state index contributed by atoms with van der Waals surface area (Å²) in [5, 5.41) is 2.13. The number of para-hydroxylation sites is 2. The van der Waals surface area contributed by atoms with Gasteiger partial charge in [-0.05, 0) is 42.5 Å². The van der Waals surface area contributed by atoms with Crippen LogP contribution in [0.25, 0.3) is 0 Å². The third-order valence-corrected chi connectivity index (χ3v) is 5.62. The van der Waals surface area contributed by atoms with Crippen LogP contribution in [0.1, 0.15) is 5.56 Å². The van der Waals surface area contributed by atoms with E-state index in [9.17, 15) is 18.0 Å². The number of carbonyl (C=O) groups is 1. The minimum absolute atomic E-state index is 0.00918. The van der Waals surface area contributed by atoms with Crippen molar-refractivity contribution in [3.8, 4) is 0 Å². The zero-order valence-electron chi connectivity index (χ0n) is 14.1. The van der Waals surface area contributed by atoms with Crippen LogP contribution in [0, 0.1) is 0 Å². The molecule has 3 aromatic rings. The molecule has 2 amide bonds. The van der Waals surface area contributed by atoms with Crippen LogP contribution in [0.5, 0.6) is 0 Å². The number of hydrogen-bond acceptors (Lipinski definition) is 2. The van der Waals surface area contributed by atoms with E-state index < -0.39 is 22.8 Å². The predicted octanol–water partition coefficient (Wildman–Crippen LogP) is 7.19. The Bertz CT molecular complexity index is 1030. The molecule has 1 aliphatic heterocycles. The average Bonchev–Trinajstić information content (AvgIpc) is 2.66. The predicted molar refractivity (Wildman–Crippen MR) is 105 cm³/mol. The summed E-state index contributed by atoms with van der Waals surface area (Å²) in [4.78, 5) is 16.2. The normalized spacial score (nSPS) is 12.9. The van der Waals surface area contributed by atoms with Crippen molar-refractivity contribution in [1.29, 1.82) is 0 Å². The Morgan fingerprint density at radius 3 is 2.07 bits per heavy atom. The van der Waals surface area contributed by atoms with Gasteiger partial charge in [0.15, 0.2) is 0 Å². The average molecular weight is 421 g/mol. The van der Waals surface area contributed by atoms with Crippen molar-refractivity contribution < 1.29 is 18.0 Å². The fourth-order valence-electron chi connectivity index (χ4n) is 2.92. The number of fused-ring (bicyclic) bond motifs is 2. The number of anilines is 3. The number of nitrogens with zero attached hydrogens (tertiary/aromatic N) is 1. The molecule has 3 nitrogen and oxygen atoms in total.